The molecule has 0 spiro atoms. The molecule has 2 N–H and O–H groups in total. The molecular formula is C18H29N3O2. The van der Waals surface area contributed by atoms with Crippen LogP contribution in [0, 0.1) is 5.92 Å². The molecule has 5 nitrogen and oxygen atoms in total. The summed E-state index contributed by atoms with van der Waals surface area (Å²) >= 11 is 0. The normalized spacial score (nSPS) is 20.2. The Morgan fingerprint density at radius 3 is 2.96 bits per heavy atom. The Morgan fingerprint density at radius 2 is 2.22 bits per heavy atom. The van der Waals surface area contributed by atoms with Gasteiger partial charge in [-0.25, -0.2) is 0 Å². The van der Waals surface area contributed by atoms with Crippen molar-refractivity contribution in [2.24, 2.45) is 5.92 Å². The first-order valence-corrected chi connectivity index (χ1v) is 8.42. The fraction of sp³-hybridized carbons (Fsp3) is 0.611. The number of carbonyl (C=O) groups excluding carboxylic acids is 1. The third-order valence-electron chi connectivity index (χ3n) is 4.15. The number of carbonyl (C=O) groups is 1. The molecule has 1 aromatic carbocycles. The van der Waals surface area contributed by atoms with Crippen LogP contribution in [0.25, 0.3) is 0 Å². The first kappa shape index (κ1) is 17.9. The van der Waals surface area contributed by atoms with Crippen molar-refractivity contribution < 1.29 is 9.53 Å². The van der Waals surface area contributed by atoms with Crippen molar-refractivity contribution in [1.29, 1.82) is 0 Å². The van der Waals surface area contributed by atoms with E-state index in [1.807, 2.05) is 14.0 Å². The lowest BCUT2D eigenvalue weighted by Crippen LogP contribution is -2.40. The van der Waals surface area contributed by atoms with Gasteiger partial charge in [-0.15, -0.1) is 0 Å². The van der Waals surface area contributed by atoms with Crippen LogP contribution >= 0.6 is 0 Å². The number of amides is 1. The van der Waals surface area contributed by atoms with E-state index in [1.165, 1.54) is 5.56 Å². The molecule has 1 aromatic rings. The van der Waals surface area contributed by atoms with Crippen molar-refractivity contribution in [3.63, 3.8) is 0 Å². The zero-order valence-electron chi connectivity index (χ0n) is 14.5. The SMILES string of the molecule is CNCC(C)C(=O)NCc1cccc(CN2CCOC(C)C2)c1. The number of hydrogen-bond acceptors (Lipinski definition) is 4. The predicted octanol–water partition coefficient (Wildman–Crippen LogP) is 1.38. The van der Waals surface area contributed by atoms with E-state index in [0.29, 0.717) is 19.2 Å². The lowest BCUT2D eigenvalue weighted by Gasteiger charge is -2.31. The van der Waals surface area contributed by atoms with Crippen molar-refractivity contribution >= 4 is 5.91 Å². The van der Waals surface area contributed by atoms with Crippen LogP contribution in [0.5, 0.6) is 0 Å². The molecule has 0 radical (unpaired) electrons. The molecule has 0 saturated carbocycles. The number of ether oxygens (including phenoxy) is 1. The van der Waals surface area contributed by atoms with Gasteiger partial charge in [-0.3, -0.25) is 9.69 Å². The Kier molecular flexibility index (Phi) is 7.02. The van der Waals surface area contributed by atoms with Gasteiger partial charge in [0.25, 0.3) is 0 Å². The Hall–Kier alpha value is -1.43. The third-order valence-corrected chi connectivity index (χ3v) is 4.15. The van der Waals surface area contributed by atoms with Gasteiger partial charge in [0.05, 0.1) is 12.7 Å². The maximum Gasteiger partial charge on any atom is 0.224 e. The molecule has 23 heavy (non-hydrogen) atoms. The van der Waals surface area contributed by atoms with E-state index in [1.54, 1.807) is 0 Å². The topological polar surface area (TPSA) is 53.6 Å². The molecule has 1 aliphatic rings. The first-order valence-electron chi connectivity index (χ1n) is 8.42. The van der Waals surface area contributed by atoms with Crippen LogP contribution in [0.1, 0.15) is 25.0 Å². The van der Waals surface area contributed by atoms with Gasteiger partial charge in [-0.2, -0.15) is 0 Å². The highest BCUT2D eigenvalue weighted by atomic mass is 16.5. The highest BCUT2D eigenvalue weighted by molar-refractivity contribution is 5.78. The molecular weight excluding hydrogens is 290 g/mol. The molecule has 5 heteroatoms. The van der Waals surface area contributed by atoms with Crippen LogP contribution in [0.15, 0.2) is 24.3 Å². The Bertz CT molecular complexity index is 507. The Labute approximate surface area is 139 Å². The van der Waals surface area contributed by atoms with E-state index in [9.17, 15) is 4.79 Å². The quantitative estimate of drug-likeness (QED) is 0.797. The summed E-state index contributed by atoms with van der Waals surface area (Å²) in [4.78, 5) is 14.4. The van der Waals surface area contributed by atoms with Crippen molar-refractivity contribution in [3.05, 3.63) is 35.4 Å². The molecule has 1 fully saturated rings. The predicted molar refractivity (Wildman–Crippen MR) is 92.1 cm³/mol. The zero-order chi connectivity index (χ0) is 16.7. The summed E-state index contributed by atoms with van der Waals surface area (Å²) in [6.07, 6.45) is 0.305. The maximum atomic E-state index is 12.0. The lowest BCUT2D eigenvalue weighted by molar-refractivity contribution is -0.124. The summed E-state index contributed by atoms with van der Waals surface area (Å²) in [6.45, 7) is 9.02. The maximum absolute atomic E-state index is 12.0. The fourth-order valence-electron chi connectivity index (χ4n) is 2.89. The van der Waals surface area contributed by atoms with E-state index in [0.717, 1.165) is 31.8 Å². The number of nitrogens with zero attached hydrogens (tertiary/aromatic N) is 1. The van der Waals surface area contributed by atoms with Crippen molar-refractivity contribution in [3.8, 4) is 0 Å². The van der Waals surface area contributed by atoms with Crippen LogP contribution in [-0.2, 0) is 22.6 Å². The second-order valence-corrected chi connectivity index (χ2v) is 6.41. The average molecular weight is 319 g/mol. The van der Waals surface area contributed by atoms with Crippen molar-refractivity contribution in [1.82, 2.24) is 15.5 Å². The summed E-state index contributed by atoms with van der Waals surface area (Å²) in [7, 11) is 1.86. The molecule has 2 atom stereocenters. The minimum atomic E-state index is -0.0157. The summed E-state index contributed by atoms with van der Waals surface area (Å²) in [6, 6.07) is 8.46. The van der Waals surface area contributed by atoms with Gasteiger partial charge in [-0.1, -0.05) is 31.2 Å². The minimum absolute atomic E-state index is 0.0157. The van der Waals surface area contributed by atoms with Gasteiger partial charge in [0.1, 0.15) is 0 Å². The first-order chi connectivity index (χ1) is 11.1. The van der Waals surface area contributed by atoms with Crippen molar-refractivity contribution in [2.45, 2.75) is 33.0 Å². The number of nitrogens with one attached hydrogen (secondary N) is 2. The molecule has 1 amide bonds. The van der Waals surface area contributed by atoms with E-state index in [-0.39, 0.29) is 11.8 Å². The molecule has 128 valence electrons. The second-order valence-electron chi connectivity index (χ2n) is 6.41. The molecule has 0 aliphatic carbocycles. The number of hydrogen-bond donors (Lipinski definition) is 2. The van der Waals surface area contributed by atoms with E-state index in [2.05, 4.69) is 46.7 Å². The van der Waals surface area contributed by atoms with Gasteiger partial charge in [0, 0.05) is 38.6 Å². The van der Waals surface area contributed by atoms with E-state index >= 15 is 0 Å². The van der Waals surface area contributed by atoms with Crippen LogP contribution < -0.4 is 10.6 Å². The second kappa shape index (κ2) is 9.01. The fourth-order valence-corrected chi connectivity index (χ4v) is 2.89. The molecule has 2 rings (SSSR count). The monoisotopic (exact) mass is 319 g/mol. The Morgan fingerprint density at radius 1 is 1.43 bits per heavy atom. The summed E-state index contributed by atoms with van der Waals surface area (Å²) in [5.41, 5.74) is 2.43. The Balaban J connectivity index is 1.85. The summed E-state index contributed by atoms with van der Waals surface area (Å²) in [5.74, 6) is 0.0739. The molecule has 1 saturated heterocycles. The van der Waals surface area contributed by atoms with Crippen LogP contribution in [0.3, 0.4) is 0 Å². The average Bonchev–Trinajstić information content (AvgIpc) is 2.53. The standard InChI is InChI=1S/C18H29N3O2/c1-14(10-19-3)18(22)20-11-16-5-4-6-17(9-16)13-21-7-8-23-15(2)12-21/h4-6,9,14-15,19H,7-8,10-13H2,1-3H3,(H,20,22). The minimum Gasteiger partial charge on any atom is -0.376 e. The van der Waals surface area contributed by atoms with Crippen LogP contribution in [-0.4, -0.2) is 50.2 Å². The van der Waals surface area contributed by atoms with Crippen LogP contribution in [0.2, 0.25) is 0 Å². The molecule has 2 unspecified atom stereocenters. The van der Waals surface area contributed by atoms with Gasteiger partial charge in [-0.05, 0) is 25.1 Å². The van der Waals surface area contributed by atoms with Gasteiger partial charge in [0.2, 0.25) is 5.91 Å². The van der Waals surface area contributed by atoms with Crippen molar-refractivity contribution in [2.75, 3.05) is 33.3 Å². The molecule has 0 aromatic heterocycles. The highest BCUT2D eigenvalue weighted by Crippen LogP contribution is 2.12. The van der Waals surface area contributed by atoms with E-state index < -0.39 is 0 Å². The largest absolute Gasteiger partial charge is 0.376 e. The van der Waals surface area contributed by atoms with E-state index in [4.69, 9.17) is 4.74 Å². The molecule has 1 aliphatic heterocycles. The summed E-state index contributed by atoms with van der Waals surface area (Å²) < 4.78 is 5.58. The molecule has 0 bridgehead atoms. The number of rotatable bonds is 7. The van der Waals surface area contributed by atoms with Gasteiger partial charge in [0.15, 0.2) is 0 Å². The molecule has 1 heterocycles. The van der Waals surface area contributed by atoms with Gasteiger partial charge >= 0.3 is 0 Å². The number of morpholine rings is 1. The number of benzene rings is 1. The van der Waals surface area contributed by atoms with Gasteiger partial charge < -0.3 is 15.4 Å². The summed E-state index contributed by atoms with van der Waals surface area (Å²) in [5, 5.41) is 6.04. The zero-order valence-corrected chi connectivity index (χ0v) is 14.5. The smallest absolute Gasteiger partial charge is 0.224 e. The lowest BCUT2D eigenvalue weighted by atomic mass is 10.1. The highest BCUT2D eigenvalue weighted by Gasteiger charge is 2.16. The van der Waals surface area contributed by atoms with Crippen LogP contribution in [0.4, 0.5) is 0 Å². The third kappa shape index (κ3) is 5.94.